The minimum absolute atomic E-state index is 0.182. The predicted octanol–water partition coefficient (Wildman–Crippen LogP) is 1.08. The number of ether oxygens (including phenoxy) is 1. The van der Waals surface area contributed by atoms with Crippen LogP contribution in [-0.4, -0.2) is 54.3 Å². The number of aryl methyl sites for hydroxylation is 2. The Balaban J connectivity index is 2.10. The van der Waals surface area contributed by atoms with Gasteiger partial charge in [0.1, 0.15) is 4.99 Å². The average Bonchev–Trinajstić information content (AvgIpc) is 2.35. The fourth-order valence-corrected chi connectivity index (χ4v) is 2.75. The summed E-state index contributed by atoms with van der Waals surface area (Å²) in [6.45, 7) is 7.33. The van der Waals surface area contributed by atoms with Crippen LogP contribution in [0.4, 0.5) is 5.69 Å². The molecule has 1 atom stereocenters. The molecule has 1 aliphatic heterocycles. The summed E-state index contributed by atoms with van der Waals surface area (Å²) in [5.74, 6) is 0. The van der Waals surface area contributed by atoms with E-state index < -0.39 is 0 Å². The van der Waals surface area contributed by atoms with Crippen molar-refractivity contribution in [3.8, 4) is 0 Å². The van der Waals surface area contributed by atoms with Crippen LogP contribution < -0.4 is 11.1 Å². The number of aromatic nitrogens is 1. The fourth-order valence-electron chi connectivity index (χ4n) is 2.49. The lowest BCUT2D eigenvalue weighted by molar-refractivity contribution is -0.0117. The third kappa shape index (κ3) is 3.65. The van der Waals surface area contributed by atoms with Crippen molar-refractivity contribution >= 4 is 22.9 Å². The molecule has 5 nitrogen and oxygen atoms in total. The van der Waals surface area contributed by atoms with Gasteiger partial charge in [0.25, 0.3) is 0 Å². The Morgan fingerprint density at radius 3 is 3.00 bits per heavy atom. The van der Waals surface area contributed by atoms with Crippen molar-refractivity contribution in [2.24, 2.45) is 5.73 Å². The van der Waals surface area contributed by atoms with Crippen LogP contribution in [0.3, 0.4) is 0 Å². The van der Waals surface area contributed by atoms with E-state index in [4.69, 9.17) is 22.7 Å². The number of pyridine rings is 1. The van der Waals surface area contributed by atoms with Crippen LogP contribution in [0.5, 0.6) is 0 Å². The second-order valence-electron chi connectivity index (χ2n) is 5.27. The first-order valence-corrected chi connectivity index (χ1v) is 7.20. The maximum absolute atomic E-state index is 5.81. The van der Waals surface area contributed by atoms with E-state index in [1.807, 2.05) is 19.9 Å². The number of rotatable bonds is 4. The van der Waals surface area contributed by atoms with Crippen molar-refractivity contribution in [2.75, 3.05) is 38.6 Å². The minimum atomic E-state index is 0.182. The van der Waals surface area contributed by atoms with Gasteiger partial charge in [-0.25, -0.2) is 0 Å². The van der Waals surface area contributed by atoms with E-state index in [2.05, 4.69) is 22.2 Å². The van der Waals surface area contributed by atoms with E-state index >= 15 is 0 Å². The quantitative estimate of drug-likeness (QED) is 0.810. The van der Waals surface area contributed by atoms with Gasteiger partial charge in [0.2, 0.25) is 0 Å². The van der Waals surface area contributed by atoms with E-state index in [-0.39, 0.29) is 6.10 Å². The SMILES string of the molecule is Cc1cc(NCC2CN(C)CCO2)c(C(N)=S)c(C)n1. The second-order valence-corrected chi connectivity index (χ2v) is 5.71. The summed E-state index contributed by atoms with van der Waals surface area (Å²) in [5.41, 5.74) is 9.39. The van der Waals surface area contributed by atoms with E-state index in [1.54, 1.807) is 0 Å². The smallest absolute Gasteiger partial charge is 0.107 e. The summed E-state index contributed by atoms with van der Waals surface area (Å²) in [5, 5.41) is 3.41. The number of nitrogens with two attached hydrogens (primary N) is 1. The number of nitrogens with one attached hydrogen (secondary N) is 1. The molecule has 1 unspecified atom stereocenters. The minimum Gasteiger partial charge on any atom is -0.389 e. The number of nitrogens with zero attached hydrogens (tertiary/aromatic N) is 2. The van der Waals surface area contributed by atoms with Crippen LogP contribution in [0.2, 0.25) is 0 Å². The molecule has 2 heterocycles. The Morgan fingerprint density at radius 2 is 2.35 bits per heavy atom. The molecule has 6 heteroatoms. The molecule has 0 aliphatic carbocycles. The highest BCUT2D eigenvalue weighted by Gasteiger charge is 2.18. The first kappa shape index (κ1) is 15.2. The second kappa shape index (κ2) is 6.47. The normalized spacial score (nSPS) is 19.9. The van der Waals surface area contributed by atoms with Gasteiger partial charge >= 0.3 is 0 Å². The Bertz CT molecular complexity index is 506. The number of hydrogen-bond donors (Lipinski definition) is 2. The highest BCUT2D eigenvalue weighted by atomic mass is 32.1. The lowest BCUT2D eigenvalue weighted by Gasteiger charge is -2.30. The molecule has 1 aliphatic rings. The Hall–Kier alpha value is -1.24. The van der Waals surface area contributed by atoms with Gasteiger partial charge < -0.3 is 20.7 Å². The first-order chi connectivity index (χ1) is 9.47. The molecule has 20 heavy (non-hydrogen) atoms. The van der Waals surface area contributed by atoms with Crippen molar-refractivity contribution in [1.29, 1.82) is 0 Å². The summed E-state index contributed by atoms with van der Waals surface area (Å²) < 4.78 is 5.75. The van der Waals surface area contributed by atoms with Gasteiger partial charge in [0, 0.05) is 36.7 Å². The Kier molecular flexibility index (Phi) is 4.91. The maximum atomic E-state index is 5.81. The molecule has 2 rings (SSSR count). The molecular formula is C14H22N4OS. The molecule has 110 valence electrons. The van der Waals surface area contributed by atoms with Gasteiger partial charge in [0.05, 0.1) is 18.3 Å². The van der Waals surface area contributed by atoms with Crippen molar-refractivity contribution < 1.29 is 4.74 Å². The zero-order valence-corrected chi connectivity index (χ0v) is 13.1. The summed E-state index contributed by atoms with van der Waals surface area (Å²) in [4.78, 5) is 7.06. The maximum Gasteiger partial charge on any atom is 0.107 e. The van der Waals surface area contributed by atoms with Crippen molar-refractivity contribution in [3.05, 3.63) is 23.0 Å². The van der Waals surface area contributed by atoms with Gasteiger partial charge in [-0.3, -0.25) is 4.98 Å². The highest BCUT2D eigenvalue weighted by Crippen LogP contribution is 2.20. The standard InChI is InChI=1S/C14H22N4OS/c1-9-6-12(13(14(15)20)10(2)17-9)16-7-11-8-18(3)4-5-19-11/h6,11H,4-5,7-8H2,1-3H3,(H2,15,20)(H,16,17). The van der Waals surface area contributed by atoms with Crippen LogP contribution in [0.15, 0.2) is 6.07 Å². The molecule has 0 saturated carbocycles. The number of likely N-dealkylation sites (N-methyl/N-ethyl adjacent to an activating group) is 1. The Morgan fingerprint density at radius 1 is 1.60 bits per heavy atom. The van der Waals surface area contributed by atoms with Crippen LogP contribution in [0, 0.1) is 13.8 Å². The molecule has 0 radical (unpaired) electrons. The molecule has 0 aromatic carbocycles. The number of morpholine rings is 1. The van der Waals surface area contributed by atoms with Crippen LogP contribution in [0.1, 0.15) is 17.0 Å². The molecule has 1 aromatic rings. The third-order valence-corrected chi connectivity index (χ3v) is 3.64. The third-order valence-electron chi connectivity index (χ3n) is 3.44. The van der Waals surface area contributed by atoms with Gasteiger partial charge in [-0.2, -0.15) is 0 Å². The number of hydrogen-bond acceptors (Lipinski definition) is 5. The molecular weight excluding hydrogens is 272 g/mol. The highest BCUT2D eigenvalue weighted by molar-refractivity contribution is 7.80. The van der Waals surface area contributed by atoms with Crippen molar-refractivity contribution in [2.45, 2.75) is 20.0 Å². The zero-order chi connectivity index (χ0) is 14.7. The summed E-state index contributed by atoms with van der Waals surface area (Å²) in [6, 6.07) is 1.98. The fraction of sp³-hybridized carbons (Fsp3) is 0.571. The van der Waals surface area contributed by atoms with E-state index in [1.165, 1.54) is 0 Å². The lowest BCUT2D eigenvalue weighted by atomic mass is 10.1. The molecule has 0 spiro atoms. The molecule has 1 saturated heterocycles. The zero-order valence-electron chi connectivity index (χ0n) is 12.3. The first-order valence-electron chi connectivity index (χ1n) is 6.79. The van der Waals surface area contributed by atoms with E-state index in [0.717, 1.165) is 48.9 Å². The molecule has 3 N–H and O–H groups in total. The number of thiocarbonyl (C=S) groups is 1. The lowest BCUT2D eigenvalue weighted by Crippen LogP contribution is -2.43. The van der Waals surface area contributed by atoms with Crippen LogP contribution in [-0.2, 0) is 4.74 Å². The number of anilines is 1. The Labute approximate surface area is 125 Å². The summed E-state index contributed by atoms with van der Waals surface area (Å²) in [6.07, 6.45) is 0.182. The van der Waals surface area contributed by atoms with Gasteiger partial charge in [-0.15, -0.1) is 0 Å². The van der Waals surface area contributed by atoms with Crippen molar-refractivity contribution in [3.63, 3.8) is 0 Å². The van der Waals surface area contributed by atoms with Crippen LogP contribution >= 0.6 is 12.2 Å². The average molecular weight is 294 g/mol. The largest absolute Gasteiger partial charge is 0.389 e. The van der Waals surface area contributed by atoms with Gasteiger partial charge in [0.15, 0.2) is 0 Å². The van der Waals surface area contributed by atoms with Gasteiger partial charge in [-0.1, -0.05) is 12.2 Å². The summed E-state index contributed by atoms with van der Waals surface area (Å²) >= 11 is 5.13. The topological polar surface area (TPSA) is 63.4 Å². The molecule has 1 fully saturated rings. The van der Waals surface area contributed by atoms with Gasteiger partial charge in [-0.05, 0) is 27.0 Å². The van der Waals surface area contributed by atoms with Crippen molar-refractivity contribution in [1.82, 2.24) is 9.88 Å². The van der Waals surface area contributed by atoms with E-state index in [9.17, 15) is 0 Å². The predicted molar refractivity (Wildman–Crippen MR) is 85.3 cm³/mol. The molecule has 0 amide bonds. The van der Waals surface area contributed by atoms with E-state index in [0.29, 0.717) is 4.99 Å². The monoisotopic (exact) mass is 294 g/mol. The molecule has 1 aromatic heterocycles. The summed E-state index contributed by atoms with van der Waals surface area (Å²) in [7, 11) is 2.11. The van der Waals surface area contributed by atoms with Crippen LogP contribution in [0.25, 0.3) is 0 Å². The molecule has 0 bridgehead atoms.